The Bertz CT molecular complexity index is 1260. The van der Waals surface area contributed by atoms with Crippen LogP contribution < -0.4 is 19.5 Å². The Morgan fingerprint density at radius 3 is 2.38 bits per heavy atom. The monoisotopic (exact) mass is 502 g/mol. The number of carbonyl (C=O) groups excluding carboxylic acids is 1. The van der Waals surface area contributed by atoms with Crippen LogP contribution in [-0.4, -0.2) is 27.5 Å². The molecule has 0 spiro atoms. The molecule has 2 N–H and O–H groups in total. The summed E-state index contributed by atoms with van der Waals surface area (Å²) < 4.78 is 38.9. The van der Waals surface area contributed by atoms with E-state index < -0.39 is 10.0 Å². The van der Waals surface area contributed by atoms with Crippen molar-refractivity contribution in [2.24, 2.45) is 0 Å². The quantitative estimate of drug-likeness (QED) is 0.385. The molecule has 0 aliphatic rings. The normalized spacial score (nSPS) is 11.1. The van der Waals surface area contributed by atoms with Gasteiger partial charge in [0.1, 0.15) is 11.5 Å². The third-order valence-corrected chi connectivity index (χ3v) is 6.67. The van der Waals surface area contributed by atoms with Crippen LogP contribution in [0.15, 0.2) is 65.6 Å². The smallest absolute Gasteiger partial charge is 0.262 e. The van der Waals surface area contributed by atoms with Gasteiger partial charge in [-0.2, -0.15) is 0 Å². The van der Waals surface area contributed by atoms with Crippen LogP contribution in [0.2, 0.25) is 5.02 Å². The van der Waals surface area contributed by atoms with Crippen molar-refractivity contribution in [3.8, 4) is 11.5 Å². The van der Waals surface area contributed by atoms with Crippen molar-refractivity contribution < 1.29 is 22.7 Å². The van der Waals surface area contributed by atoms with Gasteiger partial charge in [-0.05, 0) is 73.9 Å². The fraction of sp³-hybridized carbons (Fsp3) is 0.240. The molecular formula is C25H27ClN2O5S. The zero-order chi connectivity index (χ0) is 24.7. The lowest BCUT2D eigenvalue weighted by Gasteiger charge is -2.14. The number of hydrogen-bond acceptors (Lipinski definition) is 5. The summed E-state index contributed by atoms with van der Waals surface area (Å²) in [5.41, 5.74) is 3.15. The van der Waals surface area contributed by atoms with Crippen molar-refractivity contribution in [3.63, 3.8) is 0 Å². The Balaban J connectivity index is 1.65. The molecule has 0 aliphatic carbocycles. The average Bonchev–Trinajstić information content (AvgIpc) is 2.81. The van der Waals surface area contributed by atoms with E-state index in [9.17, 15) is 13.2 Å². The summed E-state index contributed by atoms with van der Waals surface area (Å²) in [6.07, 6.45) is 0.782. The molecule has 0 unspecified atom stereocenters. The van der Waals surface area contributed by atoms with Crippen LogP contribution in [0.1, 0.15) is 25.0 Å². The van der Waals surface area contributed by atoms with E-state index in [1.807, 2.05) is 39.0 Å². The summed E-state index contributed by atoms with van der Waals surface area (Å²) in [6.45, 7) is 6.06. The van der Waals surface area contributed by atoms with Gasteiger partial charge < -0.3 is 14.8 Å². The van der Waals surface area contributed by atoms with Crippen LogP contribution in [0.4, 0.5) is 11.4 Å². The van der Waals surface area contributed by atoms with Crippen molar-refractivity contribution >= 4 is 38.9 Å². The number of ether oxygens (including phenoxy) is 2. The fourth-order valence-corrected chi connectivity index (χ4v) is 4.67. The van der Waals surface area contributed by atoms with Crippen LogP contribution in [0.5, 0.6) is 11.5 Å². The van der Waals surface area contributed by atoms with Crippen molar-refractivity contribution in [3.05, 3.63) is 76.8 Å². The number of amides is 1. The molecular weight excluding hydrogens is 476 g/mol. The number of para-hydroxylation sites is 1. The molecule has 0 saturated heterocycles. The zero-order valence-electron chi connectivity index (χ0n) is 19.2. The highest BCUT2D eigenvalue weighted by atomic mass is 35.5. The van der Waals surface area contributed by atoms with Crippen molar-refractivity contribution in [2.45, 2.75) is 32.1 Å². The van der Waals surface area contributed by atoms with Gasteiger partial charge in [0.15, 0.2) is 6.61 Å². The number of benzene rings is 3. The standard InChI is InChI=1S/C25H27ClN2O5S/c1-4-18-8-6-7-17(3)25(18)27-24(29)16-33-23-14-13-21(15-22(23)26)34(30,31)28-19-9-11-20(12-10-19)32-5-2/h6-15,28H,4-5,16H2,1-3H3,(H,27,29). The number of carbonyl (C=O) groups is 1. The zero-order valence-corrected chi connectivity index (χ0v) is 20.8. The lowest BCUT2D eigenvalue weighted by Crippen LogP contribution is -2.21. The minimum Gasteiger partial charge on any atom is -0.494 e. The van der Waals surface area contributed by atoms with Crippen LogP contribution >= 0.6 is 11.6 Å². The molecule has 0 saturated carbocycles. The number of sulfonamides is 1. The minimum absolute atomic E-state index is 0.0318. The van der Waals surface area contributed by atoms with Crippen molar-refractivity contribution in [1.29, 1.82) is 0 Å². The largest absolute Gasteiger partial charge is 0.494 e. The first-order valence-corrected chi connectivity index (χ1v) is 12.7. The summed E-state index contributed by atoms with van der Waals surface area (Å²) in [4.78, 5) is 12.4. The topological polar surface area (TPSA) is 93.7 Å². The molecule has 0 heterocycles. The second kappa shape index (κ2) is 11.3. The lowest BCUT2D eigenvalue weighted by atomic mass is 10.1. The van der Waals surface area contributed by atoms with Gasteiger partial charge in [0.2, 0.25) is 0 Å². The number of halogens is 1. The number of hydrogen-bond donors (Lipinski definition) is 2. The molecule has 7 nitrogen and oxygen atoms in total. The molecule has 0 aliphatic heterocycles. The summed E-state index contributed by atoms with van der Waals surface area (Å²) in [6, 6.07) is 16.5. The average molecular weight is 503 g/mol. The van der Waals surface area contributed by atoms with Crippen LogP contribution in [0, 0.1) is 6.92 Å². The summed E-state index contributed by atoms with van der Waals surface area (Å²) >= 11 is 6.25. The molecule has 3 aromatic rings. The first-order valence-electron chi connectivity index (χ1n) is 10.8. The number of nitrogens with one attached hydrogen (secondary N) is 2. The predicted molar refractivity (Wildman–Crippen MR) is 135 cm³/mol. The second-order valence-electron chi connectivity index (χ2n) is 7.45. The predicted octanol–water partition coefficient (Wildman–Crippen LogP) is 5.43. The number of anilines is 2. The Morgan fingerprint density at radius 2 is 1.74 bits per heavy atom. The van der Waals surface area contributed by atoms with E-state index in [0.29, 0.717) is 18.0 Å². The highest BCUT2D eigenvalue weighted by Crippen LogP contribution is 2.29. The first-order chi connectivity index (χ1) is 16.2. The van der Waals surface area contributed by atoms with E-state index in [-0.39, 0.29) is 28.2 Å². The maximum Gasteiger partial charge on any atom is 0.262 e. The summed E-state index contributed by atoms with van der Waals surface area (Å²) in [5.74, 6) is 0.513. The van der Waals surface area contributed by atoms with E-state index in [0.717, 1.165) is 23.2 Å². The highest BCUT2D eigenvalue weighted by molar-refractivity contribution is 7.92. The van der Waals surface area contributed by atoms with Gasteiger partial charge >= 0.3 is 0 Å². The van der Waals surface area contributed by atoms with Gasteiger partial charge in [0, 0.05) is 11.4 Å². The van der Waals surface area contributed by atoms with Gasteiger partial charge in [-0.15, -0.1) is 0 Å². The molecule has 0 fully saturated rings. The van der Waals surface area contributed by atoms with Crippen LogP contribution in [0.25, 0.3) is 0 Å². The number of rotatable bonds is 10. The molecule has 0 bridgehead atoms. The second-order valence-corrected chi connectivity index (χ2v) is 9.54. The van der Waals surface area contributed by atoms with Gasteiger partial charge in [-0.25, -0.2) is 8.42 Å². The first kappa shape index (κ1) is 25.4. The van der Waals surface area contributed by atoms with Gasteiger partial charge in [-0.1, -0.05) is 36.7 Å². The summed E-state index contributed by atoms with van der Waals surface area (Å²) in [7, 11) is -3.87. The maximum atomic E-state index is 12.7. The van der Waals surface area contributed by atoms with Gasteiger partial charge in [-0.3, -0.25) is 9.52 Å². The molecule has 0 radical (unpaired) electrons. The van der Waals surface area contributed by atoms with Gasteiger partial charge in [0.05, 0.1) is 16.5 Å². The Hall–Kier alpha value is -3.23. The van der Waals surface area contributed by atoms with E-state index in [4.69, 9.17) is 21.1 Å². The van der Waals surface area contributed by atoms with E-state index in [1.165, 1.54) is 18.2 Å². The maximum absolute atomic E-state index is 12.7. The molecule has 3 aromatic carbocycles. The third kappa shape index (κ3) is 6.42. The fourth-order valence-electron chi connectivity index (χ4n) is 3.29. The van der Waals surface area contributed by atoms with Crippen molar-refractivity contribution in [2.75, 3.05) is 23.3 Å². The Kier molecular flexibility index (Phi) is 8.41. The highest BCUT2D eigenvalue weighted by Gasteiger charge is 2.17. The SMILES string of the molecule is CCOc1ccc(NS(=O)(=O)c2ccc(OCC(=O)Nc3c(C)cccc3CC)c(Cl)c2)cc1. The molecule has 0 atom stereocenters. The summed E-state index contributed by atoms with van der Waals surface area (Å²) in [5, 5.41) is 2.95. The van der Waals surface area contributed by atoms with Crippen LogP contribution in [0.3, 0.4) is 0 Å². The molecule has 3 rings (SSSR count). The minimum atomic E-state index is -3.87. The van der Waals surface area contributed by atoms with Gasteiger partial charge in [0.25, 0.3) is 15.9 Å². The lowest BCUT2D eigenvalue weighted by molar-refractivity contribution is -0.118. The molecule has 9 heteroatoms. The number of aryl methyl sites for hydroxylation is 2. The van der Waals surface area contributed by atoms with E-state index >= 15 is 0 Å². The molecule has 180 valence electrons. The van der Waals surface area contributed by atoms with Crippen molar-refractivity contribution in [1.82, 2.24) is 0 Å². The van der Waals surface area contributed by atoms with E-state index in [2.05, 4.69) is 10.0 Å². The molecule has 0 aromatic heterocycles. The Labute approximate surface area is 205 Å². The molecule has 1 amide bonds. The third-order valence-electron chi connectivity index (χ3n) is 4.99. The Morgan fingerprint density at radius 1 is 1.00 bits per heavy atom. The van der Waals surface area contributed by atoms with E-state index in [1.54, 1.807) is 24.3 Å². The van der Waals surface area contributed by atoms with Crippen LogP contribution in [-0.2, 0) is 21.2 Å². The molecule has 34 heavy (non-hydrogen) atoms.